The zero-order valence-electron chi connectivity index (χ0n) is 8.42. The van der Waals surface area contributed by atoms with Crippen LogP contribution in [0.4, 0.5) is 13.2 Å². The van der Waals surface area contributed by atoms with Crippen LogP contribution in [-0.2, 0) is 0 Å². The molecule has 0 aromatic rings. The Morgan fingerprint density at radius 3 is 2.62 bits per heavy atom. The lowest BCUT2D eigenvalue weighted by Gasteiger charge is -2.10. The Kier molecular flexibility index (Phi) is 3.74. The van der Waals surface area contributed by atoms with Gasteiger partial charge in [-0.25, -0.2) is 0 Å². The molecule has 1 aliphatic heterocycles. The van der Waals surface area contributed by atoms with Crippen LogP contribution >= 0.6 is 11.6 Å². The molecule has 0 spiro atoms. The van der Waals surface area contributed by atoms with Crippen molar-refractivity contribution in [1.82, 2.24) is 4.90 Å². The molecular weight excluding hydrogens is 243 g/mol. The van der Waals surface area contributed by atoms with Gasteiger partial charge in [0.1, 0.15) is 11.8 Å². The minimum absolute atomic E-state index is 0.118. The quantitative estimate of drug-likeness (QED) is 0.421. The first kappa shape index (κ1) is 12.8. The monoisotopic (exact) mass is 251 g/mol. The largest absolute Gasteiger partial charge is 0.418 e. The number of alkyl halides is 4. The highest BCUT2D eigenvalue weighted by atomic mass is 35.5. The second-order valence-electron chi connectivity index (χ2n) is 2.98. The fraction of sp³-hybridized carbons (Fsp3) is 0.333. The van der Waals surface area contributed by atoms with Gasteiger partial charge in [-0.3, -0.25) is 9.98 Å². The SMILES string of the molecule is C=N/C=C1/C(C(F)(F)F)=CN(C)C1=NCCl. The first-order chi connectivity index (χ1) is 7.41. The van der Waals surface area contributed by atoms with Crippen molar-refractivity contribution in [2.45, 2.75) is 6.18 Å². The van der Waals surface area contributed by atoms with Gasteiger partial charge in [-0.05, 0) is 6.72 Å². The molecule has 7 heteroatoms. The van der Waals surface area contributed by atoms with Crippen molar-refractivity contribution < 1.29 is 13.2 Å². The molecule has 1 heterocycles. The van der Waals surface area contributed by atoms with Crippen LogP contribution in [0.15, 0.2) is 33.5 Å². The van der Waals surface area contributed by atoms with Crippen molar-refractivity contribution >= 4 is 24.2 Å². The summed E-state index contributed by atoms with van der Waals surface area (Å²) in [5.41, 5.74) is -0.920. The molecule has 0 aliphatic carbocycles. The maximum Gasteiger partial charge on any atom is 0.418 e. The van der Waals surface area contributed by atoms with E-state index in [9.17, 15) is 13.2 Å². The van der Waals surface area contributed by atoms with Crippen LogP contribution in [0.3, 0.4) is 0 Å². The van der Waals surface area contributed by atoms with E-state index in [4.69, 9.17) is 11.6 Å². The van der Waals surface area contributed by atoms with Crippen molar-refractivity contribution in [1.29, 1.82) is 0 Å². The lowest BCUT2D eigenvalue weighted by atomic mass is 10.1. The third-order valence-corrected chi connectivity index (χ3v) is 2.04. The Morgan fingerprint density at radius 2 is 2.19 bits per heavy atom. The Morgan fingerprint density at radius 1 is 1.56 bits per heavy atom. The molecule has 0 unspecified atom stereocenters. The normalized spacial score (nSPS) is 21.8. The number of hydrogen-bond donors (Lipinski definition) is 0. The zero-order valence-corrected chi connectivity index (χ0v) is 9.18. The molecule has 0 atom stereocenters. The number of amidine groups is 1. The topological polar surface area (TPSA) is 28.0 Å². The third kappa shape index (κ3) is 2.44. The molecule has 16 heavy (non-hydrogen) atoms. The summed E-state index contributed by atoms with van der Waals surface area (Å²) < 4.78 is 37.9. The lowest BCUT2D eigenvalue weighted by molar-refractivity contribution is -0.0888. The molecular formula is C9H9ClF3N3. The lowest BCUT2D eigenvalue weighted by Crippen LogP contribution is -2.19. The average molecular weight is 252 g/mol. The van der Waals surface area contributed by atoms with Gasteiger partial charge in [-0.1, -0.05) is 0 Å². The molecule has 0 bridgehead atoms. The number of nitrogens with zero attached hydrogens (tertiary/aromatic N) is 3. The fourth-order valence-electron chi connectivity index (χ4n) is 1.33. The van der Waals surface area contributed by atoms with Crippen molar-refractivity contribution in [3.8, 4) is 0 Å². The number of halogens is 4. The average Bonchev–Trinajstić information content (AvgIpc) is 2.46. The summed E-state index contributed by atoms with van der Waals surface area (Å²) in [4.78, 5) is 8.37. The minimum Gasteiger partial charge on any atom is -0.335 e. The van der Waals surface area contributed by atoms with Gasteiger partial charge in [0.25, 0.3) is 0 Å². The van der Waals surface area contributed by atoms with Gasteiger partial charge in [-0.2, -0.15) is 13.2 Å². The number of hydrogen-bond acceptors (Lipinski definition) is 2. The summed E-state index contributed by atoms with van der Waals surface area (Å²) in [7, 11) is 1.46. The van der Waals surface area contributed by atoms with Crippen molar-refractivity contribution in [2.24, 2.45) is 9.98 Å². The number of aliphatic imine (C=N–C) groups is 2. The molecule has 0 radical (unpaired) electrons. The highest BCUT2D eigenvalue weighted by molar-refractivity contribution is 6.19. The van der Waals surface area contributed by atoms with E-state index in [-0.39, 0.29) is 17.4 Å². The van der Waals surface area contributed by atoms with Gasteiger partial charge in [0.15, 0.2) is 0 Å². The molecule has 0 saturated carbocycles. The van der Waals surface area contributed by atoms with E-state index in [1.54, 1.807) is 0 Å². The van der Waals surface area contributed by atoms with Crippen molar-refractivity contribution in [3.05, 3.63) is 23.5 Å². The summed E-state index contributed by atoms with van der Waals surface area (Å²) in [5.74, 6) is 0.134. The van der Waals surface area contributed by atoms with Crippen molar-refractivity contribution in [2.75, 3.05) is 13.1 Å². The molecule has 3 nitrogen and oxygen atoms in total. The van der Waals surface area contributed by atoms with E-state index >= 15 is 0 Å². The Balaban J connectivity index is 3.23. The van der Waals surface area contributed by atoms with E-state index in [2.05, 4.69) is 16.7 Å². The first-order valence-electron chi connectivity index (χ1n) is 4.20. The van der Waals surface area contributed by atoms with E-state index in [0.717, 1.165) is 12.4 Å². The zero-order chi connectivity index (χ0) is 12.3. The predicted octanol–water partition coefficient (Wildman–Crippen LogP) is 2.56. The van der Waals surface area contributed by atoms with Crippen LogP contribution < -0.4 is 0 Å². The predicted molar refractivity (Wildman–Crippen MR) is 57.7 cm³/mol. The van der Waals surface area contributed by atoms with Gasteiger partial charge in [-0.15, -0.1) is 11.6 Å². The molecule has 1 rings (SSSR count). The molecule has 0 saturated heterocycles. The Bertz CT molecular complexity index is 382. The summed E-state index contributed by atoms with van der Waals surface area (Å²) in [6.45, 7) is 3.13. The summed E-state index contributed by atoms with van der Waals surface area (Å²) in [6.07, 6.45) is -2.48. The number of likely N-dealkylation sites (N-methyl/N-ethyl adjacent to an activating group) is 1. The molecule has 0 aromatic carbocycles. The van der Waals surface area contributed by atoms with E-state index in [1.807, 2.05) is 0 Å². The van der Waals surface area contributed by atoms with Crippen LogP contribution in [-0.4, -0.2) is 36.7 Å². The van der Waals surface area contributed by atoms with Gasteiger partial charge >= 0.3 is 6.18 Å². The van der Waals surface area contributed by atoms with Gasteiger partial charge in [0.2, 0.25) is 0 Å². The van der Waals surface area contributed by atoms with Gasteiger partial charge < -0.3 is 4.90 Å². The van der Waals surface area contributed by atoms with Crippen LogP contribution in [0.25, 0.3) is 0 Å². The first-order valence-corrected chi connectivity index (χ1v) is 4.74. The summed E-state index contributed by atoms with van der Waals surface area (Å²) in [6, 6.07) is -0.118. The number of rotatable bonds is 2. The maximum absolute atomic E-state index is 12.6. The molecule has 88 valence electrons. The minimum atomic E-state index is -4.45. The second kappa shape index (κ2) is 4.69. The Hall–Kier alpha value is -1.30. The van der Waals surface area contributed by atoms with E-state index in [1.165, 1.54) is 11.9 Å². The smallest absolute Gasteiger partial charge is 0.335 e. The molecule has 0 amide bonds. The molecule has 0 N–H and O–H groups in total. The fourth-order valence-corrected chi connectivity index (χ4v) is 1.45. The van der Waals surface area contributed by atoms with Crippen LogP contribution in [0.5, 0.6) is 0 Å². The standard InChI is InChI=1S/C9H9ClF3N3/c1-14-3-6-7(9(11,12)13)4-16(2)8(6)15-5-10/h3-4H,1,5H2,2H3/b6-3-,15-8?. The summed E-state index contributed by atoms with van der Waals surface area (Å²) in [5, 5.41) is 0. The molecule has 0 fully saturated rings. The van der Waals surface area contributed by atoms with Crippen LogP contribution in [0.1, 0.15) is 0 Å². The highest BCUT2D eigenvalue weighted by Gasteiger charge is 2.42. The Labute approximate surface area is 95.6 Å². The van der Waals surface area contributed by atoms with Gasteiger partial charge in [0.05, 0.1) is 5.57 Å². The van der Waals surface area contributed by atoms with Gasteiger partial charge in [0, 0.05) is 25.0 Å². The van der Waals surface area contributed by atoms with Crippen molar-refractivity contribution in [3.63, 3.8) is 0 Å². The molecule has 1 aliphatic rings. The van der Waals surface area contributed by atoms with Crippen LogP contribution in [0.2, 0.25) is 0 Å². The highest BCUT2D eigenvalue weighted by Crippen LogP contribution is 2.36. The maximum atomic E-state index is 12.6. The van der Waals surface area contributed by atoms with Crippen LogP contribution in [0, 0.1) is 0 Å². The van der Waals surface area contributed by atoms with E-state index in [0.29, 0.717) is 0 Å². The third-order valence-electron chi connectivity index (χ3n) is 1.92. The van der Waals surface area contributed by atoms with E-state index < -0.39 is 11.7 Å². The molecule has 0 aromatic heterocycles. The second-order valence-corrected chi connectivity index (χ2v) is 3.22. The summed E-state index contributed by atoms with van der Waals surface area (Å²) >= 11 is 5.38.